The number of carbonyl (C=O) groups excluding carboxylic acids is 1. The van der Waals surface area contributed by atoms with Crippen LogP contribution in [0.15, 0.2) is 0 Å². The largest absolute Gasteiger partial charge is 0.380 e. The summed E-state index contributed by atoms with van der Waals surface area (Å²) in [6, 6.07) is 0. The quantitative estimate of drug-likeness (QED) is 0.536. The summed E-state index contributed by atoms with van der Waals surface area (Å²) < 4.78 is 5.26. The van der Waals surface area contributed by atoms with E-state index in [1.165, 1.54) is 0 Å². The molecule has 2 N–H and O–H groups in total. The Bertz CT molecular complexity index is 140. The van der Waals surface area contributed by atoms with E-state index in [4.69, 9.17) is 4.74 Å². The van der Waals surface area contributed by atoms with E-state index in [1.807, 2.05) is 6.92 Å². The van der Waals surface area contributed by atoms with Crippen LogP contribution in [-0.2, 0) is 9.53 Å². The Morgan fingerprint density at radius 2 is 2.00 bits per heavy atom. The zero-order valence-electron chi connectivity index (χ0n) is 9.27. The van der Waals surface area contributed by atoms with Crippen LogP contribution in [0.4, 0.5) is 0 Å². The first-order valence-electron chi connectivity index (χ1n) is 5.36. The van der Waals surface area contributed by atoms with Crippen LogP contribution in [0.3, 0.4) is 0 Å². The predicted molar refractivity (Wildman–Crippen MR) is 57.3 cm³/mol. The molecule has 0 radical (unpaired) electrons. The summed E-state index contributed by atoms with van der Waals surface area (Å²) in [4.78, 5) is 11.1. The van der Waals surface area contributed by atoms with E-state index in [-0.39, 0.29) is 5.91 Å². The zero-order valence-corrected chi connectivity index (χ0v) is 9.27. The maximum absolute atomic E-state index is 11.1. The highest BCUT2D eigenvalue weighted by Gasteiger charge is 1.98. The van der Waals surface area contributed by atoms with Crippen molar-refractivity contribution in [3.05, 3.63) is 0 Å². The van der Waals surface area contributed by atoms with Crippen LogP contribution < -0.4 is 10.6 Å². The standard InChI is InChI=1S/C10H22N2O2/c1-3-6-12-10(13)5-8-14-9-7-11-4-2/h11H,3-9H2,1-2H3,(H,12,13). The smallest absolute Gasteiger partial charge is 0.222 e. The Labute approximate surface area is 86.4 Å². The minimum absolute atomic E-state index is 0.0790. The van der Waals surface area contributed by atoms with Crippen molar-refractivity contribution in [3.8, 4) is 0 Å². The molecule has 0 saturated heterocycles. The molecule has 4 nitrogen and oxygen atoms in total. The number of nitrogens with one attached hydrogen (secondary N) is 2. The van der Waals surface area contributed by atoms with Crippen molar-refractivity contribution in [2.45, 2.75) is 26.7 Å². The summed E-state index contributed by atoms with van der Waals surface area (Å²) in [7, 11) is 0. The van der Waals surface area contributed by atoms with Gasteiger partial charge in [0.2, 0.25) is 5.91 Å². The lowest BCUT2D eigenvalue weighted by molar-refractivity contribution is -0.122. The SMILES string of the molecule is CCCNC(=O)CCOCCNCC. The lowest BCUT2D eigenvalue weighted by Gasteiger charge is -2.05. The van der Waals surface area contributed by atoms with Gasteiger partial charge in [0.05, 0.1) is 13.2 Å². The van der Waals surface area contributed by atoms with E-state index in [0.717, 1.165) is 26.1 Å². The molecule has 0 rings (SSSR count). The van der Waals surface area contributed by atoms with E-state index in [9.17, 15) is 4.79 Å². The predicted octanol–water partition coefficient (Wildman–Crippen LogP) is 0.529. The summed E-state index contributed by atoms with van der Waals surface area (Å²) in [5.41, 5.74) is 0. The van der Waals surface area contributed by atoms with Crippen LogP contribution >= 0.6 is 0 Å². The van der Waals surface area contributed by atoms with Gasteiger partial charge in [-0.3, -0.25) is 4.79 Å². The number of hydrogen-bond donors (Lipinski definition) is 2. The Balaban J connectivity index is 3.07. The molecule has 0 aromatic heterocycles. The average molecular weight is 202 g/mol. The fraction of sp³-hybridized carbons (Fsp3) is 0.900. The molecular formula is C10H22N2O2. The van der Waals surface area contributed by atoms with Crippen molar-refractivity contribution >= 4 is 5.91 Å². The second-order valence-corrected chi connectivity index (χ2v) is 3.07. The summed E-state index contributed by atoms with van der Waals surface area (Å²) in [5.74, 6) is 0.0790. The van der Waals surface area contributed by atoms with Crippen molar-refractivity contribution in [2.24, 2.45) is 0 Å². The Hall–Kier alpha value is -0.610. The van der Waals surface area contributed by atoms with Crippen molar-refractivity contribution in [3.63, 3.8) is 0 Å². The molecule has 0 bridgehead atoms. The first-order valence-corrected chi connectivity index (χ1v) is 5.36. The summed E-state index contributed by atoms with van der Waals surface area (Å²) in [6.45, 7) is 7.85. The second-order valence-electron chi connectivity index (χ2n) is 3.07. The van der Waals surface area contributed by atoms with Gasteiger partial charge in [0.15, 0.2) is 0 Å². The molecular weight excluding hydrogens is 180 g/mol. The normalized spacial score (nSPS) is 10.1. The maximum Gasteiger partial charge on any atom is 0.222 e. The van der Waals surface area contributed by atoms with Gasteiger partial charge in [-0.05, 0) is 13.0 Å². The van der Waals surface area contributed by atoms with Crippen molar-refractivity contribution in [1.29, 1.82) is 0 Å². The third-order valence-electron chi connectivity index (χ3n) is 1.72. The second kappa shape index (κ2) is 10.5. The summed E-state index contributed by atoms with van der Waals surface area (Å²) in [6.07, 6.45) is 1.44. The van der Waals surface area contributed by atoms with Gasteiger partial charge in [0, 0.05) is 19.5 Å². The van der Waals surface area contributed by atoms with E-state index >= 15 is 0 Å². The van der Waals surface area contributed by atoms with Gasteiger partial charge in [-0.1, -0.05) is 13.8 Å². The minimum Gasteiger partial charge on any atom is -0.380 e. The van der Waals surface area contributed by atoms with Crippen LogP contribution in [-0.4, -0.2) is 38.8 Å². The Kier molecular flexibility index (Phi) is 10.0. The molecule has 0 unspecified atom stereocenters. The lowest BCUT2D eigenvalue weighted by Crippen LogP contribution is -2.25. The highest BCUT2D eigenvalue weighted by Crippen LogP contribution is 1.83. The molecule has 1 amide bonds. The van der Waals surface area contributed by atoms with Crippen LogP contribution in [0.2, 0.25) is 0 Å². The molecule has 0 atom stereocenters. The molecule has 0 aliphatic carbocycles. The molecule has 0 aromatic carbocycles. The molecule has 0 aromatic rings. The topological polar surface area (TPSA) is 50.4 Å². The minimum atomic E-state index is 0.0790. The van der Waals surface area contributed by atoms with Crippen LogP contribution in [0.25, 0.3) is 0 Å². The molecule has 0 fully saturated rings. The number of carbonyl (C=O) groups is 1. The lowest BCUT2D eigenvalue weighted by atomic mass is 10.4. The maximum atomic E-state index is 11.1. The summed E-state index contributed by atoms with van der Waals surface area (Å²) in [5, 5.41) is 5.94. The molecule has 0 heterocycles. The van der Waals surface area contributed by atoms with Gasteiger partial charge < -0.3 is 15.4 Å². The van der Waals surface area contributed by atoms with Crippen LogP contribution in [0.5, 0.6) is 0 Å². The Morgan fingerprint density at radius 1 is 1.21 bits per heavy atom. The third kappa shape index (κ3) is 9.48. The fourth-order valence-corrected chi connectivity index (χ4v) is 0.941. The zero-order chi connectivity index (χ0) is 10.6. The van der Waals surface area contributed by atoms with Gasteiger partial charge in [-0.2, -0.15) is 0 Å². The number of likely N-dealkylation sites (N-methyl/N-ethyl adjacent to an activating group) is 1. The van der Waals surface area contributed by atoms with E-state index in [0.29, 0.717) is 19.6 Å². The number of ether oxygens (including phenoxy) is 1. The number of hydrogen-bond acceptors (Lipinski definition) is 3. The highest BCUT2D eigenvalue weighted by molar-refractivity contribution is 5.75. The number of rotatable bonds is 9. The van der Waals surface area contributed by atoms with Gasteiger partial charge in [-0.15, -0.1) is 0 Å². The van der Waals surface area contributed by atoms with E-state index in [1.54, 1.807) is 0 Å². The first kappa shape index (κ1) is 13.4. The van der Waals surface area contributed by atoms with Gasteiger partial charge in [-0.25, -0.2) is 0 Å². The first-order chi connectivity index (χ1) is 6.81. The molecule has 4 heteroatoms. The third-order valence-corrected chi connectivity index (χ3v) is 1.72. The van der Waals surface area contributed by atoms with Crippen molar-refractivity contribution in [2.75, 3.05) is 32.8 Å². The molecule has 0 saturated carbocycles. The van der Waals surface area contributed by atoms with E-state index < -0.39 is 0 Å². The molecule has 0 aliphatic rings. The van der Waals surface area contributed by atoms with E-state index in [2.05, 4.69) is 17.6 Å². The highest BCUT2D eigenvalue weighted by atomic mass is 16.5. The Morgan fingerprint density at radius 3 is 2.64 bits per heavy atom. The molecule has 84 valence electrons. The average Bonchev–Trinajstić information content (AvgIpc) is 2.20. The monoisotopic (exact) mass is 202 g/mol. The van der Waals surface area contributed by atoms with Gasteiger partial charge in [0.1, 0.15) is 0 Å². The van der Waals surface area contributed by atoms with Crippen molar-refractivity contribution in [1.82, 2.24) is 10.6 Å². The molecule has 14 heavy (non-hydrogen) atoms. The fourth-order valence-electron chi connectivity index (χ4n) is 0.941. The summed E-state index contributed by atoms with van der Waals surface area (Å²) >= 11 is 0. The van der Waals surface area contributed by atoms with Crippen LogP contribution in [0.1, 0.15) is 26.7 Å². The molecule has 0 aliphatic heterocycles. The molecule has 0 spiro atoms. The van der Waals surface area contributed by atoms with Crippen molar-refractivity contribution < 1.29 is 9.53 Å². The number of amides is 1. The van der Waals surface area contributed by atoms with Crippen LogP contribution in [0, 0.1) is 0 Å². The van der Waals surface area contributed by atoms with Gasteiger partial charge >= 0.3 is 0 Å². The van der Waals surface area contributed by atoms with Gasteiger partial charge in [0.25, 0.3) is 0 Å².